The monoisotopic (exact) mass is 403 g/mol. The van der Waals surface area contributed by atoms with Crippen molar-refractivity contribution in [2.75, 3.05) is 25.0 Å². The first-order chi connectivity index (χ1) is 13.4. The van der Waals surface area contributed by atoms with Gasteiger partial charge in [-0.1, -0.05) is 12.1 Å². The second kappa shape index (κ2) is 8.83. The number of anilines is 1. The predicted molar refractivity (Wildman–Crippen MR) is 105 cm³/mol. The van der Waals surface area contributed by atoms with Gasteiger partial charge in [-0.15, -0.1) is 11.3 Å². The average molecular weight is 403 g/mol. The van der Waals surface area contributed by atoms with Crippen molar-refractivity contribution >= 4 is 35.0 Å². The Bertz CT molecular complexity index is 874. The molecule has 2 aromatic rings. The molecular formula is C19H21N3O5S. The van der Waals surface area contributed by atoms with Crippen LogP contribution in [0.25, 0.3) is 10.6 Å². The fourth-order valence-corrected chi connectivity index (χ4v) is 3.87. The summed E-state index contributed by atoms with van der Waals surface area (Å²) in [5, 5.41) is 14.0. The van der Waals surface area contributed by atoms with Crippen LogP contribution in [0, 0.1) is 5.92 Å². The Morgan fingerprint density at radius 1 is 1.29 bits per heavy atom. The van der Waals surface area contributed by atoms with Crippen molar-refractivity contribution in [2.45, 2.75) is 19.8 Å². The summed E-state index contributed by atoms with van der Waals surface area (Å²) in [6, 6.07) is 7.19. The largest absolute Gasteiger partial charge is 0.465 e. The fourth-order valence-electron chi connectivity index (χ4n) is 2.97. The maximum absolute atomic E-state index is 12.2. The molecule has 9 heteroatoms. The van der Waals surface area contributed by atoms with Gasteiger partial charge in [0.15, 0.2) is 5.78 Å². The number of ether oxygens (including phenoxy) is 1. The van der Waals surface area contributed by atoms with Crippen LogP contribution in [-0.4, -0.2) is 52.7 Å². The van der Waals surface area contributed by atoms with Gasteiger partial charge < -0.3 is 14.7 Å². The van der Waals surface area contributed by atoms with Crippen molar-refractivity contribution in [3.8, 4) is 10.6 Å². The summed E-state index contributed by atoms with van der Waals surface area (Å²) in [6.45, 7) is 2.61. The molecule has 8 nitrogen and oxygen atoms in total. The lowest BCUT2D eigenvalue weighted by molar-refractivity contribution is 0.0948. The minimum absolute atomic E-state index is 0.110. The van der Waals surface area contributed by atoms with Gasteiger partial charge in [-0.25, -0.2) is 14.6 Å². The Hall–Kier alpha value is -2.94. The summed E-state index contributed by atoms with van der Waals surface area (Å²) < 4.78 is 5.33. The molecule has 0 saturated carbocycles. The number of rotatable bonds is 5. The predicted octanol–water partition coefficient (Wildman–Crippen LogP) is 3.95. The Labute approximate surface area is 166 Å². The van der Waals surface area contributed by atoms with E-state index in [4.69, 9.17) is 9.84 Å². The number of carboxylic acid groups (broad SMARTS) is 1. The minimum atomic E-state index is -0.913. The number of nitrogens with zero attached hydrogens (tertiary/aromatic N) is 2. The molecule has 2 N–H and O–H groups in total. The van der Waals surface area contributed by atoms with E-state index in [1.54, 1.807) is 17.5 Å². The number of hydrogen-bond donors (Lipinski definition) is 2. The fraction of sp³-hybridized carbons (Fsp3) is 0.368. The first kappa shape index (κ1) is 19.8. The maximum Gasteiger partial charge on any atom is 0.411 e. The Morgan fingerprint density at radius 3 is 2.64 bits per heavy atom. The summed E-state index contributed by atoms with van der Waals surface area (Å²) in [4.78, 5) is 40.3. The molecule has 148 valence electrons. The van der Waals surface area contributed by atoms with Crippen molar-refractivity contribution < 1.29 is 24.2 Å². The molecule has 0 atom stereocenters. The molecule has 0 bridgehead atoms. The highest BCUT2D eigenvalue weighted by Crippen LogP contribution is 2.30. The van der Waals surface area contributed by atoms with E-state index >= 15 is 0 Å². The summed E-state index contributed by atoms with van der Waals surface area (Å²) in [6.07, 6.45) is -0.146. The van der Waals surface area contributed by atoms with E-state index in [0.717, 1.165) is 0 Å². The van der Waals surface area contributed by atoms with Crippen molar-refractivity contribution in [3.63, 3.8) is 0 Å². The van der Waals surface area contributed by atoms with Gasteiger partial charge in [0.05, 0.1) is 12.3 Å². The van der Waals surface area contributed by atoms with Crippen LogP contribution in [0.2, 0.25) is 0 Å². The van der Waals surface area contributed by atoms with Crippen molar-refractivity contribution in [2.24, 2.45) is 5.92 Å². The number of amides is 2. The topological polar surface area (TPSA) is 109 Å². The van der Waals surface area contributed by atoms with E-state index < -0.39 is 12.2 Å². The van der Waals surface area contributed by atoms with Gasteiger partial charge >= 0.3 is 12.2 Å². The number of piperidine rings is 1. The number of hydrogen-bond acceptors (Lipinski definition) is 6. The molecule has 0 spiro atoms. The Kier molecular flexibility index (Phi) is 6.25. The average Bonchev–Trinajstić information content (AvgIpc) is 3.17. The van der Waals surface area contributed by atoms with Crippen LogP contribution in [0.4, 0.5) is 15.3 Å². The van der Waals surface area contributed by atoms with Gasteiger partial charge in [0.25, 0.3) is 0 Å². The van der Waals surface area contributed by atoms with Crippen LogP contribution in [0.15, 0.2) is 29.6 Å². The number of carbonyl (C=O) groups excluding carboxylic acids is 2. The highest BCUT2D eigenvalue weighted by molar-refractivity contribution is 7.13. The molecule has 1 fully saturated rings. The second-order valence-electron chi connectivity index (χ2n) is 6.58. The zero-order chi connectivity index (χ0) is 20.1. The van der Waals surface area contributed by atoms with Crippen molar-refractivity contribution in [1.29, 1.82) is 0 Å². The molecule has 1 aliphatic rings. The molecule has 1 aromatic heterocycles. The molecule has 28 heavy (non-hydrogen) atoms. The zero-order valence-electron chi connectivity index (χ0n) is 15.4. The maximum atomic E-state index is 12.2. The van der Waals surface area contributed by atoms with Crippen LogP contribution in [0.1, 0.15) is 30.3 Å². The summed E-state index contributed by atoms with van der Waals surface area (Å²) in [5.41, 5.74) is 1.66. The van der Waals surface area contributed by atoms with Crippen LogP contribution < -0.4 is 5.32 Å². The number of nitrogens with one attached hydrogen (secondary N) is 1. The highest BCUT2D eigenvalue weighted by Gasteiger charge is 2.23. The lowest BCUT2D eigenvalue weighted by atomic mass is 9.98. The molecular weight excluding hydrogens is 382 g/mol. The van der Waals surface area contributed by atoms with E-state index in [2.05, 4.69) is 10.3 Å². The van der Waals surface area contributed by atoms with E-state index in [-0.39, 0.29) is 18.3 Å². The first-order valence-corrected chi connectivity index (χ1v) is 9.79. The van der Waals surface area contributed by atoms with Gasteiger partial charge in [-0.2, -0.15) is 0 Å². The van der Waals surface area contributed by atoms with Gasteiger partial charge in [-0.05, 0) is 30.9 Å². The number of para-hydroxylation sites is 1. The van der Waals surface area contributed by atoms with Gasteiger partial charge in [0.1, 0.15) is 10.7 Å². The van der Waals surface area contributed by atoms with E-state index in [0.29, 0.717) is 47.9 Å². The Balaban J connectivity index is 1.57. The molecule has 3 rings (SSSR count). The third-order valence-electron chi connectivity index (χ3n) is 4.59. The quantitative estimate of drug-likeness (QED) is 0.732. The van der Waals surface area contributed by atoms with Crippen LogP contribution in [0.3, 0.4) is 0 Å². The lowest BCUT2D eigenvalue weighted by Crippen LogP contribution is -2.38. The van der Waals surface area contributed by atoms with E-state index in [9.17, 15) is 14.4 Å². The number of thiazole rings is 1. The minimum Gasteiger partial charge on any atom is -0.465 e. The van der Waals surface area contributed by atoms with Crippen LogP contribution in [0.5, 0.6) is 0 Å². The molecule has 0 unspecified atom stereocenters. The van der Waals surface area contributed by atoms with Crippen LogP contribution >= 0.6 is 11.3 Å². The number of Topliss-reactive ketones (excluding diaryl/α,β-unsaturated/α-hetero) is 1. The van der Waals surface area contributed by atoms with Gasteiger partial charge in [0, 0.05) is 31.0 Å². The molecule has 1 saturated heterocycles. The van der Waals surface area contributed by atoms with Crippen molar-refractivity contribution in [3.05, 3.63) is 35.3 Å². The van der Waals surface area contributed by atoms with E-state index in [1.165, 1.54) is 23.2 Å². The molecule has 2 amide bonds. The highest BCUT2D eigenvalue weighted by atomic mass is 32.1. The first-order valence-electron chi connectivity index (χ1n) is 8.91. The zero-order valence-corrected chi connectivity index (χ0v) is 16.2. The summed E-state index contributed by atoms with van der Waals surface area (Å²) >= 11 is 1.33. The SMILES string of the molecule is CC(=O)c1csc(-c2ccccc2NC(=O)OCC2CCN(C(=O)O)CC2)n1. The smallest absolute Gasteiger partial charge is 0.411 e. The number of benzene rings is 1. The number of aromatic nitrogens is 1. The molecule has 2 heterocycles. The normalized spacial score (nSPS) is 14.5. The molecule has 1 aliphatic heterocycles. The van der Waals surface area contributed by atoms with E-state index in [1.807, 2.05) is 12.1 Å². The summed E-state index contributed by atoms with van der Waals surface area (Å²) in [5.74, 6) is 0.0370. The molecule has 1 aromatic carbocycles. The van der Waals surface area contributed by atoms with Crippen LogP contribution in [-0.2, 0) is 4.74 Å². The van der Waals surface area contributed by atoms with Gasteiger partial charge in [-0.3, -0.25) is 10.1 Å². The number of ketones is 1. The second-order valence-corrected chi connectivity index (χ2v) is 7.43. The molecule has 0 radical (unpaired) electrons. The Morgan fingerprint density at radius 2 is 2.00 bits per heavy atom. The number of carbonyl (C=O) groups is 3. The van der Waals surface area contributed by atoms with Crippen molar-refractivity contribution in [1.82, 2.24) is 9.88 Å². The summed E-state index contributed by atoms with van der Waals surface area (Å²) in [7, 11) is 0. The third kappa shape index (κ3) is 4.86. The lowest BCUT2D eigenvalue weighted by Gasteiger charge is -2.29. The third-order valence-corrected chi connectivity index (χ3v) is 5.47. The number of likely N-dealkylation sites (tertiary alicyclic amines) is 1. The molecule has 0 aliphatic carbocycles. The van der Waals surface area contributed by atoms with Gasteiger partial charge in [0.2, 0.25) is 0 Å². The standard InChI is InChI=1S/C19H21N3O5S/c1-12(23)16-11-28-17(20-16)14-4-2-3-5-15(14)21-18(24)27-10-13-6-8-22(9-7-13)19(25)26/h2-5,11,13H,6-10H2,1H3,(H,21,24)(H,25,26).